The van der Waals surface area contributed by atoms with Gasteiger partial charge in [0.25, 0.3) is 0 Å². The van der Waals surface area contributed by atoms with E-state index in [0.717, 1.165) is 22.6 Å². The van der Waals surface area contributed by atoms with Crippen LogP contribution in [0.2, 0.25) is 0 Å². The fourth-order valence-electron chi connectivity index (χ4n) is 4.29. The number of benzene rings is 2. The number of urea groups is 1. The Balaban J connectivity index is 1.34. The molecule has 5 rings (SSSR count). The number of nitrogens with one attached hydrogen (secondary N) is 1. The van der Waals surface area contributed by atoms with Crippen molar-refractivity contribution < 1.29 is 19.1 Å². The van der Waals surface area contributed by atoms with E-state index in [0.29, 0.717) is 43.2 Å². The molecule has 0 atom stereocenters. The largest absolute Gasteiger partial charge is 0.454 e. The van der Waals surface area contributed by atoms with E-state index in [1.54, 1.807) is 34.9 Å². The van der Waals surface area contributed by atoms with E-state index in [4.69, 9.17) is 14.6 Å². The maximum Gasteiger partial charge on any atom is 0.322 e. The Morgan fingerprint density at radius 3 is 2.70 bits per heavy atom. The Bertz CT molecular complexity index is 1210. The molecule has 2 aliphatic heterocycles. The van der Waals surface area contributed by atoms with Gasteiger partial charge in [-0.1, -0.05) is 18.2 Å². The molecule has 0 fully saturated rings. The summed E-state index contributed by atoms with van der Waals surface area (Å²) in [5.74, 6) is 1.23. The number of rotatable bonds is 4. The minimum atomic E-state index is -0.194. The fraction of sp³-hybridized carbons (Fsp3) is 0.292. The average molecular weight is 447 g/mol. The molecule has 33 heavy (non-hydrogen) atoms. The maximum atomic E-state index is 13.0. The van der Waals surface area contributed by atoms with Crippen molar-refractivity contribution in [3.8, 4) is 11.5 Å². The Morgan fingerprint density at radius 1 is 1.12 bits per heavy atom. The van der Waals surface area contributed by atoms with Crippen LogP contribution in [0.25, 0.3) is 0 Å². The van der Waals surface area contributed by atoms with Gasteiger partial charge in [-0.2, -0.15) is 5.10 Å². The molecule has 0 spiro atoms. The number of anilines is 2. The molecule has 3 amide bonds. The number of aryl methyl sites for hydroxylation is 1. The van der Waals surface area contributed by atoms with Gasteiger partial charge in [-0.25, -0.2) is 4.79 Å². The maximum absolute atomic E-state index is 13.0. The summed E-state index contributed by atoms with van der Waals surface area (Å²) in [6.45, 7) is 3.09. The van der Waals surface area contributed by atoms with Crippen molar-refractivity contribution in [2.45, 2.75) is 26.4 Å². The zero-order valence-electron chi connectivity index (χ0n) is 18.6. The van der Waals surface area contributed by atoms with Crippen molar-refractivity contribution in [1.29, 1.82) is 0 Å². The Kier molecular flexibility index (Phi) is 5.37. The molecule has 0 saturated heterocycles. The van der Waals surface area contributed by atoms with Crippen LogP contribution in [0.4, 0.5) is 16.2 Å². The van der Waals surface area contributed by atoms with Crippen LogP contribution in [-0.2, 0) is 31.4 Å². The summed E-state index contributed by atoms with van der Waals surface area (Å²) in [7, 11) is 1.91. The first-order chi connectivity index (χ1) is 16.0. The second-order valence-electron chi connectivity index (χ2n) is 8.11. The molecule has 0 unspecified atom stereocenters. The molecule has 3 aromatic rings. The van der Waals surface area contributed by atoms with Crippen molar-refractivity contribution in [2.75, 3.05) is 23.6 Å². The van der Waals surface area contributed by atoms with E-state index in [9.17, 15) is 9.59 Å². The predicted molar refractivity (Wildman–Crippen MR) is 122 cm³/mol. The van der Waals surface area contributed by atoms with Gasteiger partial charge in [-0.15, -0.1) is 0 Å². The molecule has 0 bridgehead atoms. The third kappa shape index (κ3) is 4.09. The highest BCUT2D eigenvalue weighted by molar-refractivity contribution is 5.91. The molecule has 3 heterocycles. The lowest BCUT2D eigenvalue weighted by atomic mass is 10.0. The standard InChI is InChI=1S/C24H25N5O4/c1-16(30)29(18-6-4-3-5-7-18)14-20-19-13-28(11-10-21(19)27(2)26-20)24(31)25-17-8-9-22-23(12-17)33-15-32-22/h3-9,12H,10-11,13-15H2,1-2H3,(H,25,31). The molecular formula is C24H25N5O4. The number of hydrogen-bond acceptors (Lipinski definition) is 5. The Hall–Kier alpha value is -4.01. The van der Waals surface area contributed by atoms with Gasteiger partial charge in [0.05, 0.1) is 18.8 Å². The predicted octanol–water partition coefficient (Wildman–Crippen LogP) is 3.29. The number of ether oxygens (including phenoxy) is 2. The SMILES string of the molecule is CC(=O)N(Cc1nn(C)c2c1CN(C(=O)Nc1ccc3c(c1)OCO3)CC2)c1ccccc1. The van der Waals surface area contributed by atoms with Gasteiger partial charge in [-0.3, -0.25) is 9.48 Å². The lowest BCUT2D eigenvalue weighted by Crippen LogP contribution is -2.39. The van der Waals surface area contributed by atoms with E-state index in [1.807, 2.05) is 42.1 Å². The normalized spacial score (nSPS) is 14.1. The van der Waals surface area contributed by atoms with E-state index in [-0.39, 0.29) is 18.7 Å². The Morgan fingerprint density at radius 2 is 1.91 bits per heavy atom. The number of hydrogen-bond donors (Lipinski definition) is 1. The highest BCUT2D eigenvalue weighted by Crippen LogP contribution is 2.34. The van der Waals surface area contributed by atoms with Crippen molar-refractivity contribution >= 4 is 23.3 Å². The molecule has 0 saturated carbocycles. The molecule has 0 radical (unpaired) electrons. The number of para-hydroxylation sites is 1. The van der Waals surface area contributed by atoms with Crippen LogP contribution in [0.15, 0.2) is 48.5 Å². The first kappa shape index (κ1) is 20.9. The summed E-state index contributed by atoms with van der Waals surface area (Å²) in [6, 6.07) is 14.7. The van der Waals surface area contributed by atoms with Gasteiger partial charge in [0.1, 0.15) is 0 Å². The molecule has 1 aromatic heterocycles. The van der Waals surface area contributed by atoms with Gasteiger partial charge in [0.2, 0.25) is 12.7 Å². The summed E-state index contributed by atoms with van der Waals surface area (Å²) < 4.78 is 12.6. The molecule has 170 valence electrons. The van der Waals surface area contributed by atoms with Crippen LogP contribution in [0.3, 0.4) is 0 Å². The molecule has 2 aliphatic rings. The van der Waals surface area contributed by atoms with Crippen LogP contribution >= 0.6 is 0 Å². The zero-order chi connectivity index (χ0) is 22.9. The van der Waals surface area contributed by atoms with Crippen molar-refractivity contribution in [3.05, 3.63) is 65.5 Å². The highest BCUT2D eigenvalue weighted by atomic mass is 16.7. The van der Waals surface area contributed by atoms with E-state index < -0.39 is 0 Å². The first-order valence-electron chi connectivity index (χ1n) is 10.8. The summed E-state index contributed by atoms with van der Waals surface area (Å²) in [5.41, 5.74) is 4.35. The van der Waals surface area contributed by atoms with Crippen LogP contribution in [0, 0.1) is 0 Å². The van der Waals surface area contributed by atoms with Crippen molar-refractivity contribution in [1.82, 2.24) is 14.7 Å². The van der Waals surface area contributed by atoms with Gasteiger partial charge in [-0.05, 0) is 24.3 Å². The third-order valence-corrected chi connectivity index (χ3v) is 5.99. The summed E-state index contributed by atoms with van der Waals surface area (Å²) in [6.07, 6.45) is 0.693. The van der Waals surface area contributed by atoms with Gasteiger partial charge in [0, 0.05) is 55.6 Å². The zero-order valence-corrected chi connectivity index (χ0v) is 18.6. The molecular weight excluding hydrogens is 422 g/mol. The molecule has 2 aromatic carbocycles. The fourth-order valence-corrected chi connectivity index (χ4v) is 4.29. The molecule has 0 aliphatic carbocycles. The average Bonchev–Trinajstić information content (AvgIpc) is 3.41. The van der Waals surface area contributed by atoms with Gasteiger partial charge >= 0.3 is 6.03 Å². The summed E-state index contributed by atoms with van der Waals surface area (Å²) in [5, 5.41) is 7.63. The highest BCUT2D eigenvalue weighted by Gasteiger charge is 2.28. The summed E-state index contributed by atoms with van der Waals surface area (Å²) >= 11 is 0. The monoisotopic (exact) mass is 447 g/mol. The molecule has 1 N–H and O–H groups in total. The number of amides is 3. The van der Waals surface area contributed by atoms with E-state index >= 15 is 0 Å². The van der Waals surface area contributed by atoms with Crippen LogP contribution in [-0.4, -0.2) is 40.0 Å². The van der Waals surface area contributed by atoms with Crippen molar-refractivity contribution in [2.24, 2.45) is 7.05 Å². The van der Waals surface area contributed by atoms with E-state index in [2.05, 4.69) is 5.32 Å². The van der Waals surface area contributed by atoms with Gasteiger partial charge < -0.3 is 24.6 Å². The first-order valence-corrected chi connectivity index (χ1v) is 10.8. The quantitative estimate of drug-likeness (QED) is 0.663. The van der Waals surface area contributed by atoms with Crippen LogP contribution < -0.4 is 19.7 Å². The molecule has 9 heteroatoms. The smallest absolute Gasteiger partial charge is 0.322 e. The van der Waals surface area contributed by atoms with Crippen LogP contribution in [0.1, 0.15) is 23.9 Å². The van der Waals surface area contributed by atoms with E-state index in [1.165, 1.54) is 0 Å². The second-order valence-corrected chi connectivity index (χ2v) is 8.11. The second kappa shape index (κ2) is 8.50. The Labute approximate surface area is 191 Å². The van der Waals surface area contributed by atoms with Gasteiger partial charge in [0.15, 0.2) is 11.5 Å². The van der Waals surface area contributed by atoms with Crippen LogP contribution in [0.5, 0.6) is 11.5 Å². The molecule has 9 nitrogen and oxygen atoms in total. The number of fused-ring (bicyclic) bond motifs is 2. The minimum Gasteiger partial charge on any atom is -0.454 e. The third-order valence-electron chi connectivity index (χ3n) is 5.99. The number of aromatic nitrogens is 2. The number of carbonyl (C=O) groups is 2. The van der Waals surface area contributed by atoms with Crippen molar-refractivity contribution in [3.63, 3.8) is 0 Å². The number of nitrogens with zero attached hydrogens (tertiary/aromatic N) is 4. The lowest BCUT2D eigenvalue weighted by Gasteiger charge is -2.28. The lowest BCUT2D eigenvalue weighted by molar-refractivity contribution is -0.116. The minimum absolute atomic E-state index is 0.0613. The summed E-state index contributed by atoms with van der Waals surface area (Å²) in [4.78, 5) is 28.8. The number of carbonyl (C=O) groups excluding carboxylic acids is 2. The topological polar surface area (TPSA) is 88.9 Å².